The van der Waals surface area contributed by atoms with E-state index in [2.05, 4.69) is 18.7 Å². The summed E-state index contributed by atoms with van der Waals surface area (Å²) in [6, 6.07) is 0. The molecule has 4 atom stereocenters. The van der Waals surface area contributed by atoms with Crippen molar-refractivity contribution in [1.82, 2.24) is 4.90 Å². The lowest BCUT2D eigenvalue weighted by Gasteiger charge is -2.35. The van der Waals surface area contributed by atoms with Crippen molar-refractivity contribution in [2.45, 2.75) is 57.8 Å². The zero-order valence-corrected chi connectivity index (χ0v) is 10.6. The predicted molar refractivity (Wildman–Crippen MR) is 64.4 cm³/mol. The molecule has 1 aliphatic heterocycles. The molecule has 0 bridgehead atoms. The summed E-state index contributed by atoms with van der Waals surface area (Å²) in [5.74, 6) is 0.549. The fourth-order valence-corrected chi connectivity index (χ4v) is 3.17. The molecule has 1 saturated carbocycles. The molecule has 94 valence electrons. The minimum atomic E-state index is -0.0316. The zero-order valence-electron chi connectivity index (χ0n) is 10.6. The Morgan fingerprint density at radius 2 is 1.88 bits per heavy atom. The molecule has 2 rings (SSSR count). The normalized spacial score (nSPS) is 41.4. The third-order valence-electron chi connectivity index (χ3n) is 3.93. The van der Waals surface area contributed by atoms with Crippen LogP contribution in [-0.4, -0.2) is 48.0 Å². The summed E-state index contributed by atoms with van der Waals surface area (Å²) in [5, 5.41) is 9.78. The minimum Gasteiger partial charge on any atom is -0.393 e. The van der Waals surface area contributed by atoms with Gasteiger partial charge in [-0.15, -0.1) is 0 Å². The van der Waals surface area contributed by atoms with Crippen LogP contribution >= 0.6 is 0 Å². The maximum Gasteiger partial charge on any atom is 0.0678 e. The number of ether oxygens (including phenoxy) is 1. The summed E-state index contributed by atoms with van der Waals surface area (Å²) in [7, 11) is 0. The molecule has 2 aliphatic rings. The van der Waals surface area contributed by atoms with Crippen LogP contribution in [0.1, 0.15) is 39.5 Å². The summed E-state index contributed by atoms with van der Waals surface area (Å²) < 4.78 is 5.72. The van der Waals surface area contributed by atoms with Gasteiger partial charge in [0.1, 0.15) is 0 Å². The predicted octanol–water partition coefficient (Wildman–Crippen LogP) is 1.65. The smallest absolute Gasteiger partial charge is 0.0678 e. The third-order valence-corrected chi connectivity index (χ3v) is 3.93. The Kier molecular flexibility index (Phi) is 4.22. The molecule has 0 spiro atoms. The zero-order chi connectivity index (χ0) is 11.5. The van der Waals surface area contributed by atoms with Gasteiger partial charge in [-0.3, -0.25) is 4.90 Å². The Hall–Kier alpha value is -0.120. The lowest BCUT2D eigenvalue weighted by atomic mass is 10.0. The van der Waals surface area contributed by atoms with Crippen LogP contribution in [0.4, 0.5) is 0 Å². The van der Waals surface area contributed by atoms with Crippen molar-refractivity contribution >= 4 is 0 Å². The minimum absolute atomic E-state index is 0.0316. The quantitative estimate of drug-likeness (QED) is 0.795. The standard InChI is InChI=1S/C13H25NO2/c1-10-8-14(9-11(2)16-10)7-6-12-4-3-5-13(12)15/h10-13,15H,3-9H2,1-2H3/t10-,11+,12?,13?. The molecule has 0 radical (unpaired) electrons. The van der Waals surface area contributed by atoms with Crippen molar-refractivity contribution in [3.63, 3.8) is 0 Å². The van der Waals surface area contributed by atoms with E-state index < -0.39 is 0 Å². The van der Waals surface area contributed by atoms with Gasteiger partial charge in [-0.1, -0.05) is 6.42 Å². The molecule has 0 aromatic rings. The monoisotopic (exact) mass is 227 g/mol. The highest BCUT2D eigenvalue weighted by atomic mass is 16.5. The average molecular weight is 227 g/mol. The van der Waals surface area contributed by atoms with E-state index in [1.54, 1.807) is 0 Å². The Bertz CT molecular complexity index is 212. The highest BCUT2D eigenvalue weighted by molar-refractivity contribution is 4.79. The van der Waals surface area contributed by atoms with Gasteiger partial charge in [0.15, 0.2) is 0 Å². The second-order valence-corrected chi connectivity index (χ2v) is 5.56. The molecular formula is C13H25NO2. The maximum atomic E-state index is 9.78. The molecule has 0 aromatic heterocycles. The molecule has 1 aliphatic carbocycles. The Morgan fingerprint density at radius 3 is 2.44 bits per heavy atom. The van der Waals surface area contributed by atoms with Gasteiger partial charge in [0.2, 0.25) is 0 Å². The first kappa shape index (κ1) is 12.3. The molecule has 2 unspecified atom stereocenters. The second kappa shape index (κ2) is 5.48. The summed E-state index contributed by atoms with van der Waals surface area (Å²) in [5.41, 5.74) is 0. The first-order valence-corrected chi connectivity index (χ1v) is 6.71. The van der Waals surface area contributed by atoms with Crippen molar-refractivity contribution in [3.8, 4) is 0 Å². The van der Waals surface area contributed by atoms with Gasteiger partial charge in [0.05, 0.1) is 18.3 Å². The molecule has 0 aromatic carbocycles. The second-order valence-electron chi connectivity index (χ2n) is 5.56. The van der Waals surface area contributed by atoms with E-state index in [-0.39, 0.29) is 6.10 Å². The van der Waals surface area contributed by atoms with Gasteiger partial charge in [-0.25, -0.2) is 0 Å². The number of hydrogen-bond acceptors (Lipinski definition) is 3. The van der Waals surface area contributed by atoms with E-state index in [0.717, 1.165) is 32.5 Å². The van der Waals surface area contributed by atoms with Crippen LogP contribution in [0.25, 0.3) is 0 Å². The van der Waals surface area contributed by atoms with Crippen molar-refractivity contribution in [3.05, 3.63) is 0 Å². The third kappa shape index (κ3) is 3.19. The van der Waals surface area contributed by atoms with Gasteiger partial charge in [-0.05, 0) is 45.6 Å². The molecule has 3 nitrogen and oxygen atoms in total. The van der Waals surface area contributed by atoms with E-state index in [4.69, 9.17) is 4.74 Å². The highest BCUT2D eigenvalue weighted by Gasteiger charge is 2.27. The maximum absolute atomic E-state index is 9.78. The molecular weight excluding hydrogens is 202 g/mol. The Balaban J connectivity index is 1.72. The molecule has 1 heterocycles. The van der Waals surface area contributed by atoms with E-state index >= 15 is 0 Å². The number of morpholine rings is 1. The number of aliphatic hydroxyl groups excluding tert-OH is 1. The lowest BCUT2D eigenvalue weighted by Crippen LogP contribution is -2.46. The fourth-order valence-electron chi connectivity index (χ4n) is 3.17. The van der Waals surface area contributed by atoms with E-state index in [9.17, 15) is 5.11 Å². The van der Waals surface area contributed by atoms with Gasteiger partial charge in [0, 0.05) is 13.1 Å². The molecule has 0 amide bonds. The van der Waals surface area contributed by atoms with Crippen LogP contribution in [0.2, 0.25) is 0 Å². The highest BCUT2D eigenvalue weighted by Crippen LogP contribution is 2.28. The molecule has 2 fully saturated rings. The van der Waals surface area contributed by atoms with Gasteiger partial charge >= 0.3 is 0 Å². The summed E-state index contributed by atoms with van der Waals surface area (Å²) in [6.45, 7) is 7.51. The van der Waals surface area contributed by atoms with Crippen molar-refractivity contribution in [1.29, 1.82) is 0 Å². The first-order chi connectivity index (χ1) is 7.65. The van der Waals surface area contributed by atoms with Gasteiger partial charge in [0.25, 0.3) is 0 Å². The van der Waals surface area contributed by atoms with Crippen LogP contribution in [0.3, 0.4) is 0 Å². The Morgan fingerprint density at radius 1 is 1.19 bits per heavy atom. The van der Waals surface area contributed by atoms with Crippen molar-refractivity contribution < 1.29 is 9.84 Å². The van der Waals surface area contributed by atoms with Crippen LogP contribution in [0.5, 0.6) is 0 Å². The van der Waals surface area contributed by atoms with Crippen LogP contribution < -0.4 is 0 Å². The van der Waals surface area contributed by atoms with Crippen LogP contribution in [-0.2, 0) is 4.74 Å². The number of rotatable bonds is 3. The van der Waals surface area contributed by atoms with Crippen molar-refractivity contribution in [2.75, 3.05) is 19.6 Å². The molecule has 1 N–H and O–H groups in total. The largest absolute Gasteiger partial charge is 0.393 e. The fraction of sp³-hybridized carbons (Fsp3) is 1.00. The number of nitrogens with zero attached hydrogens (tertiary/aromatic N) is 1. The van der Waals surface area contributed by atoms with Gasteiger partial charge in [-0.2, -0.15) is 0 Å². The number of aliphatic hydroxyl groups is 1. The lowest BCUT2D eigenvalue weighted by molar-refractivity contribution is -0.0696. The molecule has 16 heavy (non-hydrogen) atoms. The van der Waals surface area contributed by atoms with Crippen LogP contribution in [0.15, 0.2) is 0 Å². The van der Waals surface area contributed by atoms with Crippen molar-refractivity contribution in [2.24, 2.45) is 5.92 Å². The van der Waals surface area contributed by atoms with E-state index in [1.165, 1.54) is 12.8 Å². The van der Waals surface area contributed by atoms with E-state index in [1.807, 2.05) is 0 Å². The molecule has 3 heteroatoms. The van der Waals surface area contributed by atoms with E-state index in [0.29, 0.717) is 18.1 Å². The average Bonchev–Trinajstić information content (AvgIpc) is 2.59. The van der Waals surface area contributed by atoms with Crippen LogP contribution in [0, 0.1) is 5.92 Å². The topological polar surface area (TPSA) is 32.7 Å². The number of hydrogen-bond donors (Lipinski definition) is 1. The molecule has 1 saturated heterocycles. The van der Waals surface area contributed by atoms with Gasteiger partial charge < -0.3 is 9.84 Å². The summed E-state index contributed by atoms with van der Waals surface area (Å²) in [4.78, 5) is 2.49. The summed E-state index contributed by atoms with van der Waals surface area (Å²) >= 11 is 0. The Labute approximate surface area is 98.8 Å². The summed E-state index contributed by atoms with van der Waals surface area (Å²) in [6.07, 6.45) is 5.28. The SMILES string of the molecule is C[C@@H]1CN(CCC2CCCC2O)C[C@H](C)O1. The first-order valence-electron chi connectivity index (χ1n) is 6.71.